The summed E-state index contributed by atoms with van der Waals surface area (Å²) in [6, 6.07) is 3.98. The summed E-state index contributed by atoms with van der Waals surface area (Å²) in [6.45, 7) is 5.89. The highest BCUT2D eigenvalue weighted by molar-refractivity contribution is 6.29. The van der Waals surface area contributed by atoms with E-state index < -0.39 is 0 Å². The number of aromatic amines is 1. The molecule has 0 aliphatic carbocycles. The Bertz CT molecular complexity index is 517. The molecule has 18 heavy (non-hydrogen) atoms. The fourth-order valence-corrected chi connectivity index (χ4v) is 2.03. The van der Waals surface area contributed by atoms with Crippen LogP contribution in [0.5, 0.6) is 0 Å². The molecule has 1 unspecified atom stereocenters. The summed E-state index contributed by atoms with van der Waals surface area (Å²) in [5.41, 5.74) is 2.10. The van der Waals surface area contributed by atoms with Gasteiger partial charge in [-0.05, 0) is 26.8 Å². The van der Waals surface area contributed by atoms with Crippen molar-refractivity contribution in [1.82, 2.24) is 20.2 Å². The number of aryl methyl sites for hydroxylation is 2. The fraction of sp³-hybridized carbons (Fsp3) is 0.417. The predicted molar refractivity (Wildman–Crippen MR) is 71.9 cm³/mol. The van der Waals surface area contributed by atoms with Crippen LogP contribution in [0.3, 0.4) is 0 Å². The summed E-state index contributed by atoms with van der Waals surface area (Å²) in [5.74, 6) is 1.40. The van der Waals surface area contributed by atoms with Crippen molar-refractivity contribution in [2.45, 2.75) is 33.2 Å². The molecule has 0 aromatic carbocycles. The van der Waals surface area contributed by atoms with Gasteiger partial charge in [-0.25, -0.2) is 9.97 Å². The highest BCUT2D eigenvalue weighted by Crippen LogP contribution is 2.13. The third-order valence-electron chi connectivity index (χ3n) is 2.48. The van der Waals surface area contributed by atoms with Crippen LogP contribution >= 0.6 is 11.6 Å². The lowest BCUT2D eigenvalue weighted by atomic mass is 10.2. The van der Waals surface area contributed by atoms with Crippen molar-refractivity contribution >= 4 is 17.4 Å². The molecule has 2 aromatic heterocycles. The van der Waals surface area contributed by atoms with Crippen molar-refractivity contribution in [3.8, 4) is 0 Å². The Balaban J connectivity index is 2.00. The van der Waals surface area contributed by atoms with Gasteiger partial charge >= 0.3 is 0 Å². The first kappa shape index (κ1) is 12.8. The van der Waals surface area contributed by atoms with Gasteiger partial charge in [0.15, 0.2) is 0 Å². The number of hydrogen-bond acceptors (Lipinski definition) is 4. The van der Waals surface area contributed by atoms with Gasteiger partial charge in [-0.15, -0.1) is 0 Å². The third-order valence-corrected chi connectivity index (χ3v) is 2.67. The highest BCUT2D eigenvalue weighted by atomic mass is 35.5. The number of hydrogen-bond donors (Lipinski definition) is 2. The number of aromatic nitrogens is 4. The van der Waals surface area contributed by atoms with Crippen LogP contribution in [0.15, 0.2) is 12.1 Å². The SMILES string of the molecule is Cc1nc(Cl)cc(NC(C)Cc2cc(C)[nH]n2)n1. The van der Waals surface area contributed by atoms with Crippen molar-refractivity contribution in [2.24, 2.45) is 0 Å². The van der Waals surface area contributed by atoms with E-state index in [2.05, 4.69) is 32.4 Å². The second kappa shape index (κ2) is 5.35. The fourth-order valence-electron chi connectivity index (χ4n) is 1.80. The molecule has 0 aliphatic rings. The van der Waals surface area contributed by atoms with E-state index in [-0.39, 0.29) is 6.04 Å². The molecule has 2 N–H and O–H groups in total. The van der Waals surface area contributed by atoms with Crippen molar-refractivity contribution in [3.05, 3.63) is 34.5 Å². The summed E-state index contributed by atoms with van der Waals surface area (Å²) in [7, 11) is 0. The van der Waals surface area contributed by atoms with Gasteiger partial charge in [0.05, 0.1) is 5.69 Å². The van der Waals surface area contributed by atoms with E-state index in [9.17, 15) is 0 Å². The maximum Gasteiger partial charge on any atom is 0.134 e. The third kappa shape index (κ3) is 3.43. The topological polar surface area (TPSA) is 66.5 Å². The lowest BCUT2D eigenvalue weighted by molar-refractivity contribution is 0.758. The molecule has 0 fully saturated rings. The first-order chi connectivity index (χ1) is 8.52. The van der Waals surface area contributed by atoms with Gasteiger partial charge in [-0.1, -0.05) is 11.6 Å². The summed E-state index contributed by atoms with van der Waals surface area (Å²) in [5, 5.41) is 10.9. The second-order valence-electron chi connectivity index (χ2n) is 4.41. The first-order valence-corrected chi connectivity index (χ1v) is 6.19. The lowest BCUT2D eigenvalue weighted by Gasteiger charge is -2.13. The second-order valence-corrected chi connectivity index (χ2v) is 4.80. The molecule has 0 aliphatic heterocycles. The van der Waals surface area contributed by atoms with Crippen molar-refractivity contribution in [3.63, 3.8) is 0 Å². The Morgan fingerprint density at radius 2 is 2.11 bits per heavy atom. The molecular formula is C12H16ClN5. The Morgan fingerprint density at radius 3 is 2.72 bits per heavy atom. The summed E-state index contributed by atoms with van der Waals surface area (Å²) >= 11 is 5.89. The minimum atomic E-state index is 0.220. The smallest absolute Gasteiger partial charge is 0.134 e. The number of anilines is 1. The van der Waals surface area contributed by atoms with Gasteiger partial charge in [0, 0.05) is 24.2 Å². The number of rotatable bonds is 4. The van der Waals surface area contributed by atoms with Crippen LogP contribution < -0.4 is 5.32 Å². The molecule has 0 radical (unpaired) electrons. The molecule has 2 heterocycles. The Morgan fingerprint density at radius 1 is 1.33 bits per heavy atom. The molecule has 96 valence electrons. The quantitative estimate of drug-likeness (QED) is 0.834. The number of nitrogens with one attached hydrogen (secondary N) is 2. The van der Waals surface area contributed by atoms with Gasteiger partial charge in [-0.3, -0.25) is 5.10 Å². The molecule has 0 bridgehead atoms. The molecule has 2 aromatic rings. The van der Waals surface area contributed by atoms with E-state index in [4.69, 9.17) is 11.6 Å². The Kier molecular flexibility index (Phi) is 3.81. The van der Waals surface area contributed by atoms with Crippen LogP contribution in [0, 0.1) is 13.8 Å². The van der Waals surface area contributed by atoms with Gasteiger partial charge in [0.1, 0.15) is 16.8 Å². The lowest BCUT2D eigenvalue weighted by Crippen LogP contribution is -2.19. The largest absolute Gasteiger partial charge is 0.367 e. The molecule has 0 spiro atoms. The molecule has 6 heteroatoms. The van der Waals surface area contributed by atoms with Crippen LogP contribution in [-0.2, 0) is 6.42 Å². The molecule has 0 saturated carbocycles. The zero-order valence-electron chi connectivity index (χ0n) is 10.7. The van der Waals surface area contributed by atoms with Gasteiger partial charge in [-0.2, -0.15) is 5.10 Å². The van der Waals surface area contributed by atoms with Crippen LogP contribution in [0.2, 0.25) is 5.15 Å². The van der Waals surface area contributed by atoms with E-state index in [1.807, 2.05) is 19.9 Å². The molecular weight excluding hydrogens is 250 g/mol. The van der Waals surface area contributed by atoms with E-state index in [0.717, 1.165) is 23.6 Å². The summed E-state index contributed by atoms with van der Waals surface area (Å²) in [4.78, 5) is 8.31. The normalized spacial score (nSPS) is 12.4. The summed E-state index contributed by atoms with van der Waals surface area (Å²) < 4.78 is 0. The van der Waals surface area contributed by atoms with E-state index in [1.54, 1.807) is 6.07 Å². The maximum absolute atomic E-state index is 5.89. The van der Waals surface area contributed by atoms with Gasteiger partial charge < -0.3 is 5.32 Å². The zero-order chi connectivity index (χ0) is 13.1. The average Bonchev–Trinajstić information content (AvgIpc) is 2.61. The number of nitrogens with zero attached hydrogens (tertiary/aromatic N) is 3. The Labute approximate surface area is 111 Å². The predicted octanol–water partition coefficient (Wildman–Crippen LogP) is 2.51. The van der Waals surface area contributed by atoms with Crippen molar-refractivity contribution in [1.29, 1.82) is 0 Å². The number of halogens is 1. The highest BCUT2D eigenvalue weighted by Gasteiger charge is 2.08. The van der Waals surface area contributed by atoms with Gasteiger partial charge in [0.25, 0.3) is 0 Å². The van der Waals surface area contributed by atoms with E-state index in [0.29, 0.717) is 11.0 Å². The van der Waals surface area contributed by atoms with Crippen LogP contribution in [0.25, 0.3) is 0 Å². The first-order valence-electron chi connectivity index (χ1n) is 5.81. The molecule has 5 nitrogen and oxygen atoms in total. The minimum absolute atomic E-state index is 0.220. The maximum atomic E-state index is 5.89. The summed E-state index contributed by atoms with van der Waals surface area (Å²) in [6.07, 6.45) is 0.824. The zero-order valence-corrected chi connectivity index (χ0v) is 11.4. The van der Waals surface area contributed by atoms with E-state index >= 15 is 0 Å². The standard InChI is InChI=1S/C12H16ClN5/c1-7(4-10-5-8(2)17-18-10)14-12-6-11(13)15-9(3)16-12/h5-7H,4H2,1-3H3,(H,17,18)(H,14,15,16). The van der Waals surface area contributed by atoms with Crippen LogP contribution in [0.4, 0.5) is 5.82 Å². The van der Waals surface area contributed by atoms with Gasteiger partial charge in [0.2, 0.25) is 0 Å². The Hall–Kier alpha value is -1.62. The van der Waals surface area contributed by atoms with Crippen LogP contribution in [-0.4, -0.2) is 26.2 Å². The molecule has 2 rings (SSSR count). The average molecular weight is 266 g/mol. The molecule has 0 saturated heterocycles. The van der Waals surface area contributed by atoms with Crippen molar-refractivity contribution in [2.75, 3.05) is 5.32 Å². The van der Waals surface area contributed by atoms with Crippen LogP contribution in [0.1, 0.15) is 24.1 Å². The molecule has 0 amide bonds. The number of H-pyrrole nitrogens is 1. The monoisotopic (exact) mass is 265 g/mol. The van der Waals surface area contributed by atoms with Crippen molar-refractivity contribution < 1.29 is 0 Å². The minimum Gasteiger partial charge on any atom is -0.367 e. The molecule has 1 atom stereocenters. The van der Waals surface area contributed by atoms with E-state index in [1.165, 1.54) is 0 Å².